The van der Waals surface area contributed by atoms with Gasteiger partial charge in [-0.15, -0.1) is 0 Å². The third-order valence-corrected chi connectivity index (χ3v) is 1.95. The summed E-state index contributed by atoms with van der Waals surface area (Å²) >= 11 is 0. The Morgan fingerprint density at radius 2 is 1.85 bits per heavy atom. The van der Waals surface area contributed by atoms with Crippen molar-refractivity contribution in [2.75, 3.05) is 6.61 Å². The van der Waals surface area contributed by atoms with Crippen LogP contribution >= 0.6 is 0 Å². The van der Waals surface area contributed by atoms with Crippen molar-refractivity contribution in [3.63, 3.8) is 0 Å². The summed E-state index contributed by atoms with van der Waals surface area (Å²) in [4.78, 5) is 3.21. The highest BCUT2D eigenvalue weighted by Gasteiger charge is 2.45. The Morgan fingerprint density at radius 1 is 1.23 bits per heavy atom. The zero-order chi connectivity index (χ0) is 10.0. The van der Waals surface area contributed by atoms with Crippen LogP contribution in [0, 0.1) is 0 Å². The lowest BCUT2D eigenvalue weighted by Gasteiger charge is -2.37. The SMILES string of the molecule is OC[C@H]1OC(O)[C@@H](OF)[C@@H](O)[C@@H]1O. The Labute approximate surface area is 73.0 Å². The summed E-state index contributed by atoms with van der Waals surface area (Å²) in [7, 11) is 0. The Balaban J connectivity index is 2.66. The number of ether oxygens (including phenoxy) is 1. The monoisotopic (exact) mass is 198 g/mol. The minimum atomic E-state index is -1.71. The van der Waals surface area contributed by atoms with Gasteiger partial charge in [-0.05, 0) is 4.53 Å². The lowest BCUT2D eigenvalue weighted by molar-refractivity contribution is -0.342. The molecular formula is C6H11FO6. The van der Waals surface area contributed by atoms with Crippen molar-refractivity contribution in [3.05, 3.63) is 0 Å². The van der Waals surface area contributed by atoms with Crippen molar-refractivity contribution in [3.8, 4) is 0 Å². The maximum absolute atomic E-state index is 11.7. The molecule has 5 atom stereocenters. The number of aliphatic hydroxyl groups is 4. The average Bonchev–Trinajstić information content (AvgIpc) is 2.12. The van der Waals surface area contributed by atoms with Crippen molar-refractivity contribution in [1.82, 2.24) is 0 Å². The second-order valence-corrected chi connectivity index (χ2v) is 2.78. The van der Waals surface area contributed by atoms with E-state index in [4.69, 9.17) is 20.4 Å². The fourth-order valence-electron chi connectivity index (χ4n) is 1.17. The summed E-state index contributed by atoms with van der Waals surface area (Å²) in [5.74, 6) is 0. The molecule has 0 aromatic heterocycles. The minimum absolute atomic E-state index is 0.589. The number of hydrogen-bond donors (Lipinski definition) is 4. The van der Waals surface area contributed by atoms with E-state index in [1.165, 1.54) is 0 Å². The van der Waals surface area contributed by atoms with Gasteiger partial charge in [0.05, 0.1) is 6.61 Å². The summed E-state index contributed by atoms with van der Waals surface area (Å²) < 4.78 is 16.3. The number of halogens is 1. The molecule has 7 heteroatoms. The molecule has 1 saturated heterocycles. The molecule has 0 amide bonds. The lowest BCUT2D eigenvalue weighted by Crippen LogP contribution is -2.58. The predicted octanol–water partition coefficient (Wildman–Crippen LogP) is -2.31. The maximum atomic E-state index is 11.7. The van der Waals surface area contributed by atoms with Gasteiger partial charge in [-0.3, -0.25) is 0 Å². The molecule has 13 heavy (non-hydrogen) atoms. The normalized spacial score (nSPS) is 46.4. The standard InChI is InChI=1S/C6H11FO6/c7-13-5-4(10)3(9)2(1-8)12-6(5)11/h2-6,8-11H,1H2/t2-,3-,4+,5+,6?/m1/s1. The van der Waals surface area contributed by atoms with Gasteiger partial charge in [0.1, 0.15) is 18.3 Å². The second-order valence-electron chi connectivity index (χ2n) is 2.78. The molecule has 1 heterocycles. The molecule has 1 aliphatic heterocycles. The maximum Gasteiger partial charge on any atom is 0.187 e. The quantitative estimate of drug-likeness (QED) is 0.398. The van der Waals surface area contributed by atoms with E-state index < -0.39 is 37.3 Å². The lowest BCUT2D eigenvalue weighted by atomic mass is 9.99. The highest BCUT2D eigenvalue weighted by atomic mass is 19.3. The van der Waals surface area contributed by atoms with Crippen LogP contribution in [0.15, 0.2) is 0 Å². The molecule has 0 saturated carbocycles. The Morgan fingerprint density at radius 3 is 2.31 bits per heavy atom. The first-order chi connectivity index (χ1) is 6.11. The van der Waals surface area contributed by atoms with Crippen LogP contribution in [0.2, 0.25) is 0 Å². The molecule has 1 aliphatic rings. The van der Waals surface area contributed by atoms with Crippen LogP contribution < -0.4 is 0 Å². The van der Waals surface area contributed by atoms with Crippen LogP contribution in [0.3, 0.4) is 0 Å². The van der Waals surface area contributed by atoms with Gasteiger partial charge in [-0.2, -0.15) is 4.94 Å². The van der Waals surface area contributed by atoms with Crippen LogP contribution in [0.5, 0.6) is 0 Å². The third-order valence-electron chi connectivity index (χ3n) is 1.95. The second kappa shape index (κ2) is 4.27. The van der Waals surface area contributed by atoms with Gasteiger partial charge >= 0.3 is 0 Å². The Bertz CT molecular complexity index is 167. The minimum Gasteiger partial charge on any atom is -0.394 e. The average molecular weight is 198 g/mol. The zero-order valence-electron chi connectivity index (χ0n) is 6.58. The molecule has 0 aliphatic carbocycles. The van der Waals surface area contributed by atoms with E-state index >= 15 is 0 Å². The number of rotatable bonds is 2. The summed E-state index contributed by atoms with van der Waals surface area (Å²) in [6, 6.07) is 0. The van der Waals surface area contributed by atoms with E-state index in [-0.39, 0.29) is 0 Å². The number of hydrogen-bond acceptors (Lipinski definition) is 6. The largest absolute Gasteiger partial charge is 0.394 e. The highest BCUT2D eigenvalue weighted by molar-refractivity contribution is 4.88. The van der Waals surface area contributed by atoms with Crippen molar-refractivity contribution >= 4 is 0 Å². The molecule has 0 radical (unpaired) electrons. The number of aliphatic hydroxyl groups excluding tert-OH is 4. The molecule has 1 fully saturated rings. The van der Waals surface area contributed by atoms with Crippen LogP contribution in [0.1, 0.15) is 0 Å². The van der Waals surface area contributed by atoms with Crippen molar-refractivity contribution in [2.24, 2.45) is 0 Å². The van der Waals surface area contributed by atoms with Crippen molar-refractivity contribution in [1.29, 1.82) is 0 Å². The van der Waals surface area contributed by atoms with Gasteiger partial charge < -0.3 is 25.2 Å². The topological polar surface area (TPSA) is 99.4 Å². The van der Waals surface area contributed by atoms with Crippen molar-refractivity contribution in [2.45, 2.75) is 30.7 Å². The highest BCUT2D eigenvalue weighted by Crippen LogP contribution is 2.21. The molecule has 6 nitrogen and oxygen atoms in total. The molecule has 4 N–H and O–H groups in total. The predicted molar refractivity (Wildman–Crippen MR) is 36.0 cm³/mol. The van der Waals surface area contributed by atoms with E-state index in [0.29, 0.717) is 0 Å². The van der Waals surface area contributed by atoms with Crippen LogP contribution in [0.25, 0.3) is 0 Å². The van der Waals surface area contributed by atoms with Crippen molar-refractivity contribution < 1.29 is 34.6 Å². The van der Waals surface area contributed by atoms with E-state index in [1.807, 2.05) is 0 Å². The molecule has 1 rings (SSSR count). The third kappa shape index (κ3) is 1.96. The van der Waals surface area contributed by atoms with Gasteiger partial charge in [0, 0.05) is 0 Å². The van der Waals surface area contributed by atoms with Gasteiger partial charge in [-0.1, -0.05) is 0 Å². The summed E-state index contributed by atoms with van der Waals surface area (Å²) in [6.07, 6.45) is -7.63. The smallest absolute Gasteiger partial charge is 0.187 e. The van der Waals surface area contributed by atoms with E-state index in [9.17, 15) is 4.53 Å². The van der Waals surface area contributed by atoms with E-state index in [0.717, 1.165) is 0 Å². The van der Waals surface area contributed by atoms with Crippen LogP contribution in [0.4, 0.5) is 4.53 Å². The first-order valence-corrected chi connectivity index (χ1v) is 3.69. The van der Waals surface area contributed by atoms with Crippen LogP contribution in [-0.4, -0.2) is 57.7 Å². The first kappa shape index (κ1) is 10.8. The molecule has 0 spiro atoms. The molecule has 78 valence electrons. The molecular weight excluding hydrogens is 187 g/mol. The van der Waals surface area contributed by atoms with Gasteiger partial charge in [0.15, 0.2) is 12.4 Å². The zero-order valence-corrected chi connectivity index (χ0v) is 6.58. The summed E-state index contributed by atoms with van der Waals surface area (Å²) in [6.45, 7) is -0.589. The summed E-state index contributed by atoms with van der Waals surface area (Å²) in [5, 5.41) is 35.9. The fraction of sp³-hybridized carbons (Fsp3) is 1.00. The van der Waals surface area contributed by atoms with E-state index in [2.05, 4.69) is 9.68 Å². The molecule has 0 bridgehead atoms. The van der Waals surface area contributed by atoms with Gasteiger partial charge in [-0.25, -0.2) is 0 Å². The van der Waals surface area contributed by atoms with Gasteiger partial charge in [0.2, 0.25) is 0 Å². The van der Waals surface area contributed by atoms with Crippen LogP contribution in [-0.2, 0) is 9.68 Å². The van der Waals surface area contributed by atoms with E-state index in [1.54, 1.807) is 0 Å². The van der Waals surface area contributed by atoms with Gasteiger partial charge in [0.25, 0.3) is 0 Å². The molecule has 0 aromatic rings. The first-order valence-electron chi connectivity index (χ1n) is 3.69. The summed E-state index contributed by atoms with van der Waals surface area (Å²) in [5.41, 5.74) is 0. The molecule has 0 aromatic carbocycles. The fourth-order valence-corrected chi connectivity index (χ4v) is 1.17. The Kier molecular flexibility index (Phi) is 3.54. The molecule has 1 unspecified atom stereocenters. The Hall–Kier alpha value is -0.310.